The van der Waals surface area contributed by atoms with E-state index >= 15 is 0 Å². The van der Waals surface area contributed by atoms with Crippen LogP contribution in [-0.2, 0) is 4.79 Å². The van der Waals surface area contributed by atoms with Gasteiger partial charge in [-0.05, 0) is 14.1 Å². The summed E-state index contributed by atoms with van der Waals surface area (Å²) in [7, 11) is 3.70. The lowest BCUT2D eigenvalue weighted by Gasteiger charge is -2.03. The van der Waals surface area contributed by atoms with E-state index in [0.29, 0.717) is 6.54 Å². The number of carbonyl (C=O) groups excluding carboxylic acids is 1. The molecule has 1 amide bonds. The molecule has 5 heteroatoms. The molecule has 0 saturated carbocycles. The summed E-state index contributed by atoms with van der Waals surface area (Å²) in [5.41, 5.74) is 0. The van der Waals surface area contributed by atoms with Crippen molar-refractivity contribution >= 4 is 5.91 Å². The number of hydrogen-bond acceptors (Lipinski definition) is 2. The molecule has 0 bridgehead atoms. The molecule has 0 aromatic rings. The zero-order valence-corrected chi connectivity index (χ0v) is 7.76. The molecule has 76 valence electrons. The first-order valence-electron chi connectivity index (χ1n) is 3.89. The Morgan fingerprint density at radius 2 is 2.15 bits per heavy atom. The van der Waals surface area contributed by atoms with Crippen LogP contribution in [0.25, 0.3) is 0 Å². The molecule has 3 nitrogen and oxygen atoms in total. The Balaban J connectivity index is 3.56. The molecule has 0 aromatic carbocycles. The number of likely N-dealkylation sites (N-methyl/N-ethyl adjacent to an activating group) is 1. The third-order valence-corrected chi connectivity index (χ3v) is 1.17. The lowest BCUT2D eigenvalue weighted by Crippen LogP contribution is -2.26. The van der Waals surface area contributed by atoms with Crippen LogP contribution in [0.3, 0.4) is 0 Å². The van der Waals surface area contributed by atoms with Crippen LogP contribution in [0.5, 0.6) is 0 Å². The van der Waals surface area contributed by atoms with Gasteiger partial charge in [-0.25, -0.2) is 8.78 Å². The first-order chi connectivity index (χ1) is 6.02. The van der Waals surface area contributed by atoms with Gasteiger partial charge in [-0.1, -0.05) is 6.08 Å². The van der Waals surface area contributed by atoms with Gasteiger partial charge in [0.15, 0.2) is 0 Å². The minimum Gasteiger partial charge on any atom is -0.347 e. The maximum atomic E-state index is 11.6. The van der Waals surface area contributed by atoms with E-state index < -0.39 is 18.9 Å². The number of amides is 1. The van der Waals surface area contributed by atoms with Gasteiger partial charge in [0.2, 0.25) is 5.91 Å². The SMILES string of the molecule is CN(C)C/C=C/C(=O)NCC(F)F. The van der Waals surface area contributed by atoms with Crippen molar-refractivity contribution in [1.82, 2.24) is 10.2 Å². The van der Waals surface area contributed by atoms with Gasteiger partial charge in [-0.2, -0.15) is 0 Å². The average molecular weight is 192 g/mol. The summed E-state index contributed by atoms with van der Waals surface area (Å²) in [4.78, 5) is 12.6. The topological polar surface area (TPSA) is 32.3 Å². The summed E-state index contributed by atoms with van der Waals surface area (Å²) in [6.45, 7) is 0.0211. The molecular weight excluding hydrogens is 178 g/mol. The van der Waals surface area contributed by atoms with E-state index in [0.717, 1.165) is 0 Å². The van der Waals surface area contributed by atoms with Gasteiger partial charge >= 0.3 is 0 Å². The number of nitrogens with one attached hydrogen (secondary N) is 1. The summed E-state index contributed by atoms with van der Waals surface area (Å²) < 4.78 is 23.2. The molecule has 0 aliphatic heterocycles. The summed E-state index contributed by atoms with van der Waals surface area (Å²) in [6, 6.07) is 0. The summed E-state index contributed by atoms with van der Waals surface area (Å²) >= 11 is 0. The third-order valence-electron chi connectivity index (χ3n) is 1.17. The fourth-order valence-electron chi connectivity index (χ4n) is 0.607. The predicted octanol–water partition coefficient (Wildman–Crippen LogP) is 0.485. The van der Waals surface area contributed by atoms with Gasteiger partial charge in [0, 0.05) is 12.6 Å². The van der Waals surface area contributed by atoms with E-state index in [9.17, 15) is 13.6 Å². The van der Waals surface area contributed by atoms with Gasteiger partial charge in [-0.3, -0.25) is 4.79 Å². The second kappa shape index (κ2) is 6.54. The average Bonchev–Trinajstić information content (AvgIpc) is 2.00. The molecule has 0 aliphatic carbocycles. The molecular formula is C8H14F2N2O. The standard InChI is InChI=1S/C8H14F2N2O/c1-12(2)5-3-4-8(13)11-6-7(9)10/h3-4,7H,5-6H2,1-2H3,(H,11,13)/b4-3+. The van der Waals surface area contributed by atoms with E-state index in [1.165, 1.54) is 6.08 Å². The maximum absolute atomic E-state index is 11.6. The first kappa shape index (κ1) is 12.0. The molecule has 0 spiro atoms. The van der Waals surface area contributed by atoms with Gasteiger partial charge in [0.05, 0.1) is 6.54 Å². The van der Waals surface area contributed by atoms with Gasteiger partial charge in [-0.15, -0.1) is 0 Å². The van der Waals surface area contributed by atoms with E-state index in [2.05, 4.69) is 5.32 Å². The Morgan fingerprint density at radius 1 is 1.54 bits per heavy atom. The number of hydrogen-bond donors (Lipinski definition) is 1. The number of rotatable bonds is 5. The zero-order chi connectivity index (χ0) is 10.3. The molecule has 0 heterocycles. The molecule has 13 heavy (non-hydrogen) atoms. The van der Waals surface area contributed by atoms with Crippen molar-refractivity contribution in [2.75, 3.05) is 27.2 Å². The van der Waals surface area contributed by atoms with Crippen molar-refractivity contribution in [2.24, 2.45) is 0 Å². The van der Waals surface area contributed by atoms with Crippen molar-refractivity contribution in [2.45, 2.75) is 6.43 Å². The van der Waals surface area contributed by atoms with E-state index in [1.807, 2.05) is 19.0 Å². The minimum atomic E-state index is -2.49. The van der Waals surface area contributed by atoms with Gasteiger partial charge in [0.1, 0.15) is 0 Å². The van der Waals surface area contributed by atoms with Gasteiger partial charge in [0.25, 0.3) is 6.43 Å². The Hall–Kier alpha value is -0.970. The van der Waals surface area contributed by atoms with Crippen LogP contribution in [0.2, 0.25) is 0 Å². The highest BCUT2D eigenvalue weighted by molar-refractivity contribution is 5.87. The lowest BCUT2D eigenvalue weighted by molar-refractivity contribution is -0.117. The predicted molar refractivity (Wildman–Crippen MR) is 46.7 cm³/mol. The maximum Gasteiger partial charge on any atom is 0.255 e. The van der Waals surface area contributed by atoms with Crippen LogP contribution >= 0.6 is 0 Å². The molecule has 0 atom stereocenters. The van der Waals surface area contributed by atoms with Gasteiger partial charge < -0.3 is 10.2 Å². The van der Waals surface area contributed by atoms with Crippen LogP contribution in [-0.4, -0.2) is 44.4 Å². The summed E-state index contributed by atoms with van der Waals surface area (Å²) in [5.74, 6) is -0.484. The molecule has 0 rings (SSSR count). The summed E-state index contributed by atoms with van der Waals surface area (Å²) in [5, 5.41) is 2.06. The Morgan fingerprint density at radius 3 is 2.62 bits per heavy atom. The second-order valence-electron chi connectivity index (χ2n) is 2.80. The highest BCUT2D eigenvalue weighted by atomic mass is 19.3. The van der Waals surface area contributed by atoms with E-state index in [-0.39, 0.29) is 0 Å². The number of alkyl halides is 2. The largest absolute Gasteiger partial charge is 0.347 e. The van der Waals surface area contributed by atoms with Crippen molar-refractivity contribution in [1.29, 1.82) is 0 Å². The molecule has 0 saturated heterocycles. The highest BCUT2D eigenvalue weighted by Gasteiger charge is 2.02. The quantitative estimate of drug-likeness (QED) is 0.643. The Kier molecular flexibility index (Phi) is 6.05. The third kappa shape index (κ3) is 8.94. The van der Waals surface area contributed by atoms with Crippen LogP contribution in [0.1, 0.15) is 0 Å². The minimum absolute atomic E-state index is 0.484. The normalized spacial score (nSPS) is 11.5. The van der Waals surface area contributed by atoms with Crippen LogP contribution < -0.4 is 5.32 Å². The number of nitrogens with zero attached hydrogens (tertiary/aromatic N) is 1. The van der Waals surface area contributed by atoms with E-state index in [1.54, 1.807) is 6.08 Å². The van der Waals surface area contributed by atoms with Crippen molar-refractivity contribution in [3.8, 4) is 0 Å². The van der Waals surface area contributed by atoms with Crippen molar-refractivity contribution in [3.63, 3.8) is 0 Å². The zero-order valence-electron chi connectivity index (χ0n) is 7.76. The van der Waals surface area contributed by atoms with Crippen LogP contribution in [0.4, 0.5) is 8.78 Å². The Bertz CT molecular complexity index is 181. The van der Waals surface area contributed by atoms with Crippen molar-refractivity contribution < 1.29 is 13.6 Å². The number of halogens is 2. The highest BCUT2D eigenvalue weighted by Crippen LogP contribution is 1.87. The molecule has 0 unspecified atom stereocenters. The first-order valence-corrected chi connectivity index (χ1v) is 3.89. The monoisotopic (exact) mass is 192 g/mol. The molecule has 0 aromatic heterocycles. The smallest absolute Gasteiger partial charge is 0.255 e. The van der Waals surface area contributed by atoms with Crippen LogP contribution in [0.15, 0.2) is 12.2 Å². The molecule has 1 N–H and O–H groups in total. The van der Waals surface area contributed by atoms with Crippen molar-refractivity contribution in [3.05, 3.63) is 12.2 Å². The lowest BCUT2D eigenvalue weighted by atomic mass is 10.4. The fourth-order valence-corrected chi connectivity index (χ4v) is 0.607. The summed E-state index contributed by atoms with van der Waals surface area (Å²) in [6.07, 6.45) is 0.370. The molecule has 0 aliphatic rings. The fraction of sp³-hybridized carbons (Fsp3) is 0.625. The number of carbonyl (C=O) groups is 1. The molecule has 0 radical (unpaired) electrons. The van der Waals surface area contributed by atoms with Crippen LogP contribution in [0, 0.1) is 0 Å². The second-order valence-corrected chi connectivity index (χ2v) is 2.80. The van der Waals surface area contributed by atoms with E-state index in [4.69, 9.17) is 0 Å². The molecule has 0 fully saturated rings. The Labute approximate surface area is 76.4 Å².